The molecule has 216 valence electrons. The molecule has 0 bridgehead atoms. The zero-order chi connectivity index (χ0) is 28.3. The number of benzene rings is 2. The second-order valence-corrected chi connectivity index (χ2v) is 13.1. The Morgan fingerprint density at radius 3 is 2.42 bits per heavy atom. The molecular formula is C34H48N4O2. The van der Waals surface area contributed by atoms with E-state index in [2.05, 4.69) is 77.9 Å². The summed E-state index contributed by atoms with van der Waals surface area (Å²) in [7, 11) is 0. The highest BCUT2D eigenvalue weighted by Gasteiger charge is 2.39. The summed E-state index contributed by atoms with van der Waals surface area (Å²) in [6.07, 6.45) is 7.86. The minimum Gasteiger partial charge on any atom is -0.444 e. The van der Waals surface area contributed by atoms with Crippen molar-refractivity contribution < 1.29 is 9.53 Å². The van der Waals surface area contributed by atoms with Gasteiger partial charge in [0.1, 0.15) is 11.4 Å². The van der Waals surface area contributed by atoms with Gasteiger partial charge in [0.15, 0.2) is 0 Å². The normalized spacial score (nSPS) is 21.7. The van der Waals surface area contributed by atoms with Gasteiger partial charge in [-0.05, 0) is 109 Å². The van der Waals surface area contributed by atoms with E-state index >= 15 is 0 Å². The molecule has 0 radical (unpaired) electrons. The number of imidazole rings is 1. The smallest absolute Gasteiger partial charge is 0.410 e. The lowest BCUT2D eigenvalue weighted by Gasteiger charge is -2.43. The molecule has 5 rings (SSSR count). The van der Waals surface area contributed by atoms with Crippen molar-refractivity contribution >= 4 is 17.1 Å². The van der Waals surface area contributed by atoms with Crippen molar-refractivity contribution in [3.05, 3.63) is 66.0 Å². The first-order valence-electron chi connectivity index (χ1n) is 15.4. The van der Waals surface area contributed by atoms with E-state index in [1.54, 1.807) is 0 Å². The Morgan fingerprint density at radius 2 is 1.70 bits per heavy atom. The monoisotopic (exact) mass is 544 g/mol. The number of hydrogen-bond donors (Lipinski definition) is 0. The molecule has 6 heteroatoms. The van der Waals surface area contributed by atoms with Gasteiger partial charge in [-0.1, -0.05) is 42.5 Å². The van der Waals surface area contributed by atoms with Crippen molar-refractivity contribution in [2.75, 3.05) is 19.6 Å². The fraction of sp³-hybridized carbons (Fsp3) is 0.588. The highest BCUT2D eigenvalue weighted by atomic mass is 16.6. The summed E-state index contributed by atoms with van der Waals surface area (Å²) in [6.45, 7) is 14.0. The molecule has 0 aliphatic carbocycles. The number of piperidine rings is 1. The summed E-state index contributed by atoms with van der Waals surface area (Å²) in [5.74, 6) is 1.11. The molecule has 0 saturated carbocycles. The van der Waals surface area contributed by atoms with Crippen molar-refractivity contribution in [3.63, 3.8) is 0 Å². The van der Waals surface area contributed by atoms with Gasteiger partial charge in [-0.3, -0.25) is 4.90 Å². The van der Waals surface area contributed by atoms with Crippen molar-refractivity contribution in [2.24, 2.45) is 0 Å². The Balaban J connectivity index is 1.21. The minimum atomic E-state index is -0.461. The van der Waals surface area contributed by atoms with E-state index in [-0.39, 0.29) is 11.5 Å². The molecule has 0 spiro atoms. The van der Waals surface area contributed by atoms with Crippen LogP contribution in [0.3, 0.4) is 0 Å². The summed E-state index contributed by atoms with van der Waals surface area (Å²) < 4.78 is 8.08. The van der Waals surface area contributed by atoms with Gasteiger partial charge in [0, 0.05) is 31.7 Å². The number of carbonyl (C=O) groups excluding carboxylic acids is 1. The number of amides is 1. The van der Waals surface area contributed by atoms with E-state index in [1.165, 1.54) is 36.8 Å². The molecule has 0 N–H and O–H groups in total. The van der Waals surface area contributed by atoms with Gasteiger partial charge in [-0.15, -0.1) is 0 Å². The van der Waals surface area contributed by atoms with E-state index < -0.39 is 5.60 Å². The molecule has 3 aromatic rings. The summed E-state index contributed by atoms with van der Waals surface area (Å²) in [6, 6.07) is 20.8. The summed E-state index contributed by atoms with van der Waals surface area (Å²) >= 11 is 0. The maximum atomic E-state index is 12.8. The van der Waals surface area contributed by atoms with E-state index in [0.717, 1.165) is 56.8 Å². The van der Waals surface area contributed by atoms with Gasteiger partial charge in [0.05, 0.1) is 11.0 Å². The molecule has 2 aliphatic heterocycles. The largest absolute Gasteiger partial charge is 0.444 e. The Labute approximate surface area is 240 Å². The lowest BCUT2D eigenvalue weighted by Crippen LogP contribution is -2.47. The maximum Gasteiger partial charge on any atom is 0.410 e. The van der Waals surface area contributed by atoms with Crippen molar-refractivity contribution in [1.82, 2.24) is 19.4 Å². The lowest BCUT2D eigenvalue weighted by molar-refractivity contribution is 0.0155. The Hall–Kier alpha value is -2.86. The average molecular weight is 545 g/mol. The number of fused-ring (bicyclic) bond motifs is 1. The van der Waals surface area contributed by atoms with E-state index in [4.69, 9.17) is 9.72 Å². The first-order chi connectivity index (χ1) is 19.2. The highest BCUT2D eigenvalue weighted by Crippen LogP contribution is 2.40. The number of ether oxygens (including phenoxy) is 1. The number of aromatic nitrogens is 2. The van der Waals surface area contributed by atoms with Crippen LogP contribution in [-0.4, -0.2) is 62.8 Å². The maximum absolute atomic E-state index is 12.8. The van der Waals surface area contributed by atoms with Crippen LogP contribution in [0.15, 0.2) is 54.6 Å². The molecule has 2 fully saturated rings. The number of carbonyl (C=O) groups is 1. The lowest BCUT2D eigenvalue weighted by atomic mass is 9.70. The first-order valence-corrected chi connectivity index (χ1v) is 15.4. The van der Waals surface area contributed by atoms with E-state index in [0.29, 0.717) is 12.1 Å². The standard InChI is InChI=1S/C34H48N4O2/c1-26-16-17-29(18-23-38-27(2)35-30-14-9-10-15-31(30)38)37(26)22-11-19-34(28-12-7-6-8-13-28)20-24-36(25-21-34)32(39)40-33(3,4)5/h6-10,12-15,26,29H,11,16-25H2,1-5H3. The summed E-state index contributed by atoms with van der Waals surface area (Å²) in [4.78, 5) is 22.2. The molecule has 1 amide bonds. The summed E-state index contributed by atoms with van der Waals surface area (Å²) in [5, 5.41) is 0. The summed E-state index contributed by atoms with van der Waals surface area (Å²) in [5.41, 5.74) is 3.43. The molecule has 6 nitrogen and oxygen atoms in total. The number of likely N-dealkylation sites (tertiary alicyclic amines) is 2. The highest BCUT2D eigenvalue weighted by molar-refractivity contribution is 5.75. The molecule has 3 heterocycles. The third kappa shape index (κ3) is 6.38. The third-order valence-corrected chi connectivity index (χ3v) is 9.31. The van der Waals surface area contributed by atoms with Crippen LogP contribution in [0.5, 0.6) is 0 Å². The first kappa shape index (κ1) is 28.7. The fourth-order valence-corrected chi connectivity index (χ4v) is 7.11. The van der Waals surface area contributed by atoms with Crippen LogP contribution >= 0.6 is 0 Å². The molecule has 1 aromatic heterocycles. The molecule has 2 aromatic carbocycles. The Morgan fingerprint density at radius 1 is 1.00 bits per heavy atom. The molecule has 2 aliphatic rings. The number of hydrogen-bond acceptors (Lipinski definition) is 4. The number of para-hydroxylation sites is 2. The number of rotatable bonds is 8. The second-order valence-electron chi connectivity index (χ2n) is 13.1. The predicted molar refractivity (Wildman–Crippen MR) is 163 cm³/mol. The van der Waals surface area contributed by atoms with Crippen LogP contribution in [0.2, 0.25) is 0 Å². The second kappa shape index (κ2) is 11.9. The average Bonchev–Trinajstić information content (AvgIpc) is 3.45. The molecule has 2 saturated heterocycles. The van der Waals surface area contributed by atoms with Crippen LogP contribution in [0.1, 0.15) is 84.0 Å². The van der Waals surface area contributed by atoms with Crippen molar-refractivity contribution in [3.8, 4) is 0 Å². The fourth-order valence-electron chi connectivity index (χ4n) is 7.11. The van der Waals surface area contributed by atoms with Crippen molar-refractivity contribution in [2.45, 2.75) is 109 Å². The van der Waals surface area contributed by atoms with Crippen LogP contribution in [0, 0.1) is 6.92 Å². The molecular weight excluding hydrogens is 496 g/mol. The zero-order valence-corrected chi connectivity index (χ0v) is 25.2. The van der Waals surface area contributed by atoms with E-state index in [1.807, 2.05) is 25.7 Å². The van der Waals surface area contributed by atoms with Crippen LogP contribution in [0.4, 0.5) is 4.79 Å². The van der Waals surface area contributed by atoms with Gasteiger partial charge in [0.2, 0.25) is 0 Å². The molecule has 2 unspecified atom stereocenters. The van der Waals surface area contributed by atoms with Gasteiger partial charge < -0.3 is 14.2 Å². The predicted octanol–water partition coefficient (Wildman–Crippen LogP) is 7.34. The van der Waals surface area contributed by atoms with Gasteiger partial charge in [-0.2, -0.15) is 0 Å². The van der Waals surface area contributed by atoms with Crippen LogP contribution < -0.4 is 0 Å². The quantitative estimate of drug-likeness (QED) is 0.298. The van der Waals surface area contributed by atoms with Crippen molar-refractivity contribution in [1.29, 1.82) is 0 Å². The van der Waals surface area contributed by atoms with Gasteiger partial charge in [-0.25, -0.2) is 9.78 Å². The van der Waals surface area contributed by atoms with Crippen LogP contribution in [-0.2, 0) is 16.7 Å². The molecule has 40 heavy (non-hydrogen) atoms. The SMILES string of the molecule is Cc1nc2ccccc2n1CCC1CCC(C)N1CCCC1(c2ccccc2)CCN(C(=O)OC(C)(C)C)CC1. The third-order valence-electron chi connectivity index (χ3n) is 9.31. The van der Waals surface area contributed by atoms with Gasteiger partial charge in [0.25, 0.3) is 0 Å². The number of aryl methyl sites for hydroxylation is 2. The minimum absolute atomic E-state index is 0.116. The zero-order valence-electron chi connectivity index (χ0n) is 25.2. The topological polar surface area (TPSA) is 50.6 Å². The van der Waals surface area contributed by atoms with Crippen LogP contribution in [0.25, 0.3) is 11.0 Å². The molecule has 2 atom stereocenters. The number of nitrogens with zero attached hydrogens (tertiary/aromatic N) is 4. The van der Waals surface area contributed by atoms with Gasteiger partial charge >= 0.3 is 6.09 Å². The Kier molecular flexibility index (Phi) is 8.55. The van der Waals surface area contributed by atoms with E-state index in [9.17, 15) is 4.79 Å². The Bertz CT molecular complexity index is 1270.